The van der Waals surface area contributed by atoms with Crippen molar-refractivity contribution in [2.24, 2.45) is 5.92 Å². The van der Waals surface area contributed by atoms with Crippen molar-refractivity contribution in [3.8, 4) is 17.6 Å². The Morgan fingerprint density at radius 2 is 1.92 bits per heavy atom. The Hall–Kier alpha value is -2.74. The van der Waals surface area contributed by atoms with Crippen LogP contribution in [0.4, 0.5) is 0 Å². The molecular formula is C19H20N2O3. The molecular weight excluding hydrogens is 304 g/mol. The Morgan fingerprint density at radius 3 is 2.54 bits per heavy atom. The molecule has 24 heavy (non-hydrogen) atoms. The van der Waals surface area contributed by atoms with Crippen molar-refractivity contribution in [1.82, 2.24) is 5.32 Å². The summed E-state index contributed by atoms with van der Waals surface area (Å²) in [6.07, 6.45) is 1.97. The first-order valence-corrected chi connectivity index (χ1v) is 7.97. The summed E-state index contributed by atoms with van der Waals surface area (Å²) in [6, 6.07) is 13.6. The van der Waals surface area contributed by atoms with Crippen LogP contribution >= 0.6 is 0 Å². The fourth-order valence-corrected chi connectivity index (χ4v) is 2.78. The third kappa shape index (κ3) is 3.43. The zero-order chi connectivity index (χ0) is 17.2. The van der Waals surface area contributed by atoms with E-state index >= 15 is 0 Å². The van der Waals surface area contributed by atoms with Gasteiger partial charge in [-0.1, -0.05) is 12.1 Å². The molecule has 0 saturated heterocycles. The SMILES string of the molecule is COc1ccc2ccc(OCC(=O)N[C@@](C)(C#N)C3CC3)cc2c1. The predicted octanol–water partition coefficient (Wildman–Crippen LogP) is 3.04. The van der Waals surface area contributed by atoms with Crippen LogP contribution < -0.4 is 14.8 Å². The predicted molar refractivity (Wildman–Crippen MR) is 90.9 cm³/mol. The van der Waals surface area contributed by atoms with Crippen LogP contribution in [0.2, 0.25) is 0 Å². The van der Waals surface area contributed by atoms with E-state index in [4.69, 9.17) is 9.47 Å². The zero-order valence-electron chi connectivity index (χ0n) is 13.8. The van der Waals surface area contributed by atoms with Gasteiger partial charge in [0.05, 0.1) is 13.2 Å². The number of nitrogens with zero attached hydrogens (tertiary/aromatic N) is 1. The molecule has 1 aliphatic carbocycles. The van der Waals surface area contributed by atoms with Crippen LogP contribution in [0.1, 0.15) is 19.8 Å². The molecule has 0 aromatic heterocycles. The van der Waals surface area contributed by atoms with Crippen molar-refractivity contribution >= 4 is 16.7 Å². The molecule has 0 bridgehead atoms. The van der Waals surface area contributed by atoms with Crippen LogP contribution in [0.15, 0.2) is 36.4 Å². The molecule has 0 radical (unpaired) electrons. The van der Waals surface area contributed by atoms with Gasteiger partial charge in [0, 0.05) is 0 Å². The quantitative estimate of drug-likeness (QED) is 0.886. The van der Waals surface area contributed by atoms with Gasteiger partial charge in [-0.25, -0.2) is 0 Å². The van der Waals surface area contributed by atoms with E-state index in [1.807, 2.05) is 36.4 Å². The van der Waals surface area contributed by atoms with E-state index in [2.05, 4.69) is 11.4 Å². The maximum Gasteiger partial charge on any atom is 0.259 e. The Labute approximate surface area is 141 Å². The van der Waals surface area contributed by atoms with Crippen molar-refractivity contribution in [2.45, 2.75) is 25.3 Å². The minimum Gasteiger partial charge on any atom is -0.497 e. The largest absolute Gasteiger partial charge is 0.497 e. The minimum atomic E-state index is -0.794. The first kappa shape index (κ1) is 16.1. The van der Waals surface area contributed by atoms with Crippen LogP contribution in [-0.2, 0) is 4.79 Å². The third-order valence-electron chi connectivity index (χ3n) is 4.41. The maximum absolute atomic E-state index is 12.1. The second-order valence-electron chi connectivity index (χ2n) is 6.30. The van der Waals surface area contributed by atoms with Gasteiger partial charge in [-0.15, -0.1) is 0 Å². The van der Waals surface area contributed by atoms with Gasteiger partial charge < -0.3 is 14.8 Å². The highest BCUT2D eigenvalue weighted by Gasteiger charge is 2.43. The molecule has 1 amide bonds. The number of hydrogen-bond donors (Lipinski definition) is 1. The van der Waals surface area contributed by atoms with Crippen LogP contribution in [0, 0.1) is 17.2 Å². The average Bonchev–Trinajstić information content (AvgIpc) is 3.44. The Kier molecular flexibility index (Phi) is 4.30. The Balaban J connectivity index is 1.64. The lowest BCUT2D eigenvalue weighted by Crippen LogP contribution is -2.48. The third-order valence-corrected chi connectivity index (χ3v) is 4.41. The molecule has 1 N–H and O–H groups in total. The lowest BCUT2D eigenvalue weighted by molar-refractivity contribution is -0.124. The maximum atomic E-state index is 12.1. The van der Waals surface area contributed by atoms with Crippen molar-refractivity contribution in [3.05, 3.63) is 36.4 Å². The van der Waals surface area contributed by atoms with Crippen LogP contribution in [-0.4, -0.2) is 25.2 Å². The summed E-state index contributed by atoms with van der Waals surface area (Å²) in [7, 11) is 1.62. The molecule has 124 valence electrons. The topological polar surface area (TPSA) is 71.3 Å². The molecule has 0 aliphatic heterocycles. The lowest BCUT2D eigenvalue weighted by atomic mass is 9.98. The number of benzene rings is 2. The van der Waals surface area contributed by atoms with Gasteiger partial charge in [0.1, 0.15) is 17.0 Å². The monoisotopic (exact) mass is 324 g/mol. The molecule has 5 heteroatoms. The van der Waals surface area contributed by atoms with Gasteiger partial charge in [-0.05, 0) is 60.7 Å². The molecule has 5 nitrogen and oxygen atoms in total. The molecule has 1 atom stereocenters. The van der Waals surface area contributed by atoms with Crippen LogP contribution in [0.5, 0.6) is 11.5 Å². The van der Waals surface area contributed by atoms with Gasteiger partial charge in [0.2, 0.25) is 0 Å². The summed E-state index contributed by atoms with van der Waals surface area (Å²) in [5.41, 5.74) is -0.794. The highest BCUT2D eigenvalue weighted by molar-refractivity contribution is 5.85. The first-order chi connectivity index (χ1) is 11.5. The second-order valence-corrected chi connectivity index (χ2v) is 6.30. The van der Waals surface area contributed by atoms with E-state index in [1.165, 1.54) is 0 Å². The number of carbonyl (C=O) groups is 1. The second kappa shape index (κ2) is 6.40. The molecule has 0 heterocycles. The molecule has 3 rings (SSSR count). The van der Waals surface area contributed by atoms with Crippen molar-refractivity contribution < 1.29 is 14.3 Å². The minimum absolute atomic E-state index is 0.112. The van der Waals surface area contributed by atoms with E-state index in [9.17, 15) is 10.1 Å². The number of ether oxygens (including phenoxy) is 2. The van der Waals surface area contributed by atoms with Gasteiger partial charge in [0.25, 0.3) is 5.91 Å². The van der Waals surface area contributed by atoms with E-state index in [1.54, 1.807) is 14.0 Å². The number of nitrogens with one attached hydrogen (secondary N) is 1. The summed E-state index contributed by atoms with van der Waals surface area (Å²) in [4.78, 5) is 12.1. The smallest absolute Gasteiger partial charge is 0.259 e. The molecule has 1 fully saturated rings. The fourth-order valence-electron chi connectivity index (χ4n) is 2.78. The van der Waals surface area contributed by atoms with Crippen LogP contribution in [0.3, 0.4) is 0 Å². The molecule has 2 aromatic carbocycles. The lowest BCUT2D eigenvalue weighted by Gasteiger charge is -2.22. The molecule has 0 unspecified atom stereocenters. The van der Waals surface area contributed by atoms with Gasteiger partial charge in [-0.3, -0.25) is 4.79 Å². The summed E-state index contributed by atoms with van der Waals surface area (Å²) in [5, 5.41) is 14.1. The van der Waals surface area contributed by atoms with Crippen molar-refractivity contribution in [1.29, 1.82) is 5.26 Å². The highest BCUT2D eigenvalue weighted by atomic mass is 16.5. The highest BCUT2D eigenvalue weighted by Crippen LogP contribution is 2.39. The summed E-state index contributed by atoms with van der Waals surface area (Å²) < 4.78 is 10.8. The number of nitriles is 1. The zero-order valence-corrected chi connectivity index (χ0v) is 13.8. The normalized spacial score (nSPS) is 16.0. The standard InChI is InChI=1S/C19H20N2O3/c1-19(12-20,15-5-6-15)21-18(22)11-24-17-8-4-13-3-7-16(23-2)9-14(13)10-17/h3-4,7-10,15H,5-6,11H2,1-2H3,(H,21,22)/t19-/m0/s1. The van der Waals surface area contributed by atoms with Gasteiger partial charge >= 0.3 is 0 Å². The number of methoxy groups -OCH3 is 1. The van der Waals surface area contributed by atoms with Gasteiger partial charge in [0.15, 0.2) is 6.61 Å². The molecule has 2 aromatic rings. The van der Waals surface area contributed by atoms with Crippen molar-refractivity contribution in [3.63, 3.8) is 0 Å². The number of fused-ring (bicyclic) bond motifs is 1. The van der Waals surface area contributed by atoms with E-state index in [0.717, 1.165) is 29.4 Å². The molecule has 1 saturated carbocycles. The number of hydrogen-bond acceptors (Lipinski definition) is 4. The Bertz CT molecular complexity index is 808. The van der Waals surface area contributed by atoms with Crippen molar-refractivity contribution in [2.75, 3.05) is 13.7 Å². The van der Waals surface area contributed by atoms with E-state index in [0.29, 0.717) is 5.75 Å². The molecule has 0 spiro atoms. The summed E-state index contributed by atoms with van der Waals surface area (Å²) >= 11 is 0. The van der Waals surface area contributed by atoms with Crippen LogP contribution in [0.25, 0.3) is 10.8 Å². The number of amides is 1. The Morgan fingerprint density at radius 1 is 1.25 bits per heavy atom. The van der Waals surface area contributed by atoms with Gasteiger partial charge in [-0.2, -0.15) is 5.26 Å². The number of rotatable bonds is 6. The van der Waals surface area contributed by atoms with E-state index in [-0.39, 0.29) is 18.4 Å². The fraction of sp³-hybridized carbons (Fsp3) is 0.368. The number of carbonyl (C=O) groups excluding carboxylic acids is 1. The molecule has 1 aliphatic rings. The summed E-state index contributed by atoms with van der Waals surface area (Å²) in [6.45, 7) is 1.66. The average molecular weight is 324 g/mol. The summed E-state index contributed by atoms with van der Waals surface area (Å²) in [5.74, 6) is 1.35. The first-order valence-electron chi connectivity index (χ1n) is 7.97. The van der Waals surface area contributed by atoms with E-state index < -0.39 is 5.54 Å².